The van der Waals surface area contributed by atoms with Gasteiger partial charge in [0.1, 0.15) is 5.75 Å². The number of likely N-dealkylation sites (N-methyl/N-ethyl adjacent to an activating group) is 1. The number of nitrogens with one attached hydrogen (secondary N) is 1. The Labute approximate surface area is 129 Å². The van der Waals surface area contributed by atoms with E-state index < -0.39 is 0 Å². The van der Waals surface area contributed by atoms with Gasteiger partial charge in [0.15, 0.2) is 6.61 Å². The van der Waals surface area contributed by atoms with Gasteiger partial charge in [-0.25, -0.2) is 0 Å². The highest BCUT2D eigenvalue weighted by molar-refractivity contribution is 9.10. The molecule has 0 fully saturated rings. The summed E-state index contributed by atoms with van der Waals surface area (Å²) in [6.45, 7) is 6.24. The van der Waals surface area contributed by atoms with Crippen molar-refractivity contribution < 1.29 is 9.53 Å². The molecule has 0 heterocycles. The summed E-state index contributed by atoms with van der Waals surface area (Å²) in [5, 5.41) is 3.39. The van der Waals surface area contributed by atoms with Crippen LogP contribution >= 0.6 is 15.9 Å². The second-order valence-corrected chi connectivity index (χ2v) is 6.22. The number of carbonyl (C=O) groups excluding carboxylic acids is 1. The third-order valence-corrected chi connectivity index (χ3v) is 3.35. The van der Waals surface area contributed by atoms with Gasteiger partial charge in [-0.1, -0.05) is 19.9 Å². The number of nitrogens with zero attached hydrogens (tertiary/aromatic N) is 1. The van der Waals surface area contributed by atoms with Crippen molar-refractivity contribution in [3.05, 3.63) is 28.2 Å². The van der Waals surface area contributed by atoms with Crippen LogP contribution in [0.5, 0.6) is 5.75 Å². The second kappa shape index (κ2) is 8.27. The first-order chi connectivity index (χ1) is 9.40. The Kier molecular flexibility index (Phi) is 7.02. The first kappa shape index (κ1) is 17.0. The Hall–Kier alpha value is -1.07. The SMILES string of the molecule is CC(C)CNCc1ccc(OCC(=O)N(C)C)c(Br)c1. The van der Waals surface area contributed by atoms with Gasteiger partial charge in [-0.2, -0.15) is 0 Å². The molecule has 1 amide bonds. The van der Waals surface area contributed by atoms with E-state index in [4.69, 9.17) is 4.74 Å². The molecule has 112 valence electrons. The number of carbonyl (C=O) groups is 1. The maximum Gasteiger partial charge on any atom is 0.259 e. The lowest BCUT2D eigenvalue weighted by Gasteiger charge is -2.13. The van der Waals surface area contributed by atoms with Gasteiger partial charge in [0.05, 0.1) is 4.47 Å². The maximum absolute atomic E-state index is 11.5. The van der Waals surface area contributed by atoms with Gasteiger partial charge >= 0.3 is 0 Å². The van der Waals surface area contributed by atoms with Crippen LogP contribution in [0.3, 0.4) is 0 Å². The Morgan fingerprint density at radius 2 is 2.10 bits per heavy atom. The van der Waals surface area contributed by atoms with Crippen LogP contribution in [0, 0.1) is 5.92 Å². The van der Waals surface area contributed by atoms with Crippen molar-refractivity contribution in [2.45, 2.75) is 20.4 Å². The lowest BCUT2D eigenvalue weighted by molar-refractivity contribution is -0.130. The zero-order valence-electron chi connectivity index (χ0n) is 12.6. The smallest absolute Gasteiger partial charge is 0.259 e. The maximum atomic E-state index is 11.5. The Morgan fingerprint density at radius 1 is 1.40 bits per heavy atom. The number of amides is 1. The molecule has 5 heteroatoms. The molecule has 0 saturated carbocycles. The molecule has 0 unspecified atom stereocenters. The van der Waals surface area contributed by atoms with Gasteiger partial charge in [0.2, 0.25) is 0 Å². The molecule has 4 nitrogen and oxygen atoms in total. The molecule has 1 rings (SSSR count). The van der Waals surface area contributed by atoms with Crippen LogP contribution in [-0.2, 0) is 11.3 Å². The van der Waals surface area contributed by atoms with E-state index in [0.29, 0.717) is 11.7 Å². The van der Waals surface area contributed by atoms with Crippen molar-refractivity contribution in [1.29, 1.82) is 0 Å². The molecule has 0 atom stereocenters. The first-order valence-corrected chi connectivity index (χ1v) is 7.51. The van der Waals surface area contributed by atoms with Crippen molar-refractivity contribution in [3.63, 3.8) is 0 Å². The van der Waals surface area contributed by atoms with Crippen LogP contribution in [-0.4, -0.2) is 38.1 Å². The number of hydrogen-bond donors (Lipinski definition) is 1. The van der Waals surface area contributed by atoms with E-state index >= 15 is 0 Å². The second-order valence-electron chi connectivity index (χ2n) is 5.37. The molecule has 0 radical (unpaired) electrons. The van der Waals surface area contributed by atoms with E-state index in [9.17, 15) is 4.79 Å². The highest BCUT2D eigenvalue weighted by Gasteiger charge is 2.08. The zero-order valence-corrected chi connectivity index (χ0v) is 14.2. The third-order valence-electron chi connectivity index (χ3n) is 2.73. The number of rotatable bonds is 7. The molecule has 0 aliphatic heterocycles. The third kappa shape index (κ3) is 5.92. The summed E-state index contributed by atoms with van der Waals surface area (Å²) in [7, 11) is 3.43. The Morgan fingerprint density at radius 3 is 2.65 bits per heavy atom. The van der Waals surface area contributed by atoms with E-state index in [1.807, 2.05) is 18.2 Å². The highest BCUT2D eigenvalue weighted by atomic mass is 79.9. The molecular formula is C15H23BrN2O2. The molecular weight excluding hydrogens is 320 g/mol. The van der Waals surface area contributed by atoms with E-state index in [1.165, 1.54) is 10.5 Å². The summed E-state index contributed by atoms with van der Waals surface area (Å²) in [6, 6.07) is 5.91. The fourth-order valence-corrected chi connectivity index (χ4v) is 2.09. The average Bonchev–Trinajstić information content (AvgIpc) is 2.36. The van der Waals surface area contributed by atoms with Gasteiger partial charge in [-0.15, -0.1) is 0 Å². The van der Waals surface area contributed by atoms with E-state index in [-0.39, 0.29) is 12.5 Å². The lowest BCUT2D eigenvalue weighted by Crippen LogP contribution is -2.27. The monoisotopic (exact) mass is 342 g/mol. The van der Waals surface area contributed by atoms with Crippen LogP contribution < -0.4 is 10.1 Å². The molecule has 1 N–H and O–H groups in total. The normalized spacial score (nSPS) is 10.7. The molecule has 0 saturated heterocycles. The summed E-state index contributed by atoms with van der Waals surface area (Å²) >= 11 is 3.48. The van der Waals surface area contributed by atoms with Crippen LogP contribution in [0.1, 0.15) is 19.4 Å². The molecule has 0 spiro atoms. The van der Waals surface area contributed by atoms with Crippen molar-refractivity contribution in [1.82, 2.24) is 10.2 Å². The van der Waals surface area contributed by atoms with E-state index in [1.54, 1.807) is 14.1 Å². The van der Waals surface area contributed by atoms with Gasteiger partial charge in [-0.05, 0) is 46.1 Å². The van der Waals surface area contributed by atoms with Gasteiger partial charge in [-0.3, -0.25) is 4.79 Å². The predicted molar refractivity (Wildman–Crippen MR) is 84.9 cm³/mol. The van der Waals surface area contributed by atoms with E-state index in [0.717, 1.165) is 17.6 Å². The van der Waals surface area contributed by atoms with Gasteiger partial charge in [0.25, 0.3) is 5.91 Å². The molecule has 0 aliphatic carbocycles. The summed E-state index contributed by atoms with van der Waals surface area (Å²) in [5.41, 5.74) is 1.18. The molecule has 20 heavy (non-hydrogen) atoms. The zero-order chi connectivity index (χ0) is 15.1. The molecule has 1 aromatic carbocycles. The highest BCUT2D eigenvalue weighted by Crippen LogP contribution is 2.26. The molecule has 0 aromatic heterocycles. The topological polar surface area (TPSA) is 41.6 Å². The van der Waals surface area contributed by atoms with Crippen molar-refractivity contribution >= 4 is 21.8 Å². The summed E-state index contributed by atoms with van der Waals surface area (Å²) in [6.07, 6.45) is 0. The predicted octanol–water partition coefficient (Wildman–Crippen LogP) is 2.66. The van der Waals surface area contributed by atoms with Crippen LogP contribution in [0.15, 0.2) is 22.7 Å². The minimum Gasteiger partial charge on any atom is -0.483 e. The molecule has 0 bridgehead atoms. The van der Waals surface area contributed by atoms with Crippen LogP contribution in [0.2, 0.25) is 0 Å². The minimum atomic E-state index is -0.0559. The summed E-state index contributed by atoms with van der Waals surface area (Å²) in [4.78, 5) is 13.0. The molecule has 0 aliphatic rings. The Bertz CT molecular complexity index is 447. The quantitative estimate of drug-likeness (QED) is 0.828. The number of benzene rings is 1. The minimum absolute atomic E-state index is 0.0521. The standard InChI is InChI=1S/C15H23BrN2O2/c1-11(2)8-17-9-12-5-6-14(13(16)7-12)20-10-15(19)18(3)4/h5-7,11,17H,8-10H2,1-4H3. The molecule has 1 aromatic rings. The van der Waals surface area contributed by atoms with E-state index in [2.05, 4.69) is 35.1 Å². The van der Waals surface area contributed by atoms with Crippen molar-refractivity contribution in [2.24, 2.45) is 5.92 Å². The number of halogens is 1. The Balaban J connectivity index is 2.53. The number of ether oxygens (including phenoxy) is 1. The summed E-state index contributed by atoms with van der Waals surface area (Å²) in [5.74, 6) is 1.27. The largest absolute Gasteiger partial charge is 0.483 e. The summed E-state index contributed by atoms with van der Waals surface area (Å²) < 4.78 is 6.37. The first-order valence-electron chi connectivity index (χ1n) is 6.72. The van der Waals surface area contributed by atoms with Crippen LogP contribution in [0.4, 0.5) is 0 Å². The fourth-order valence-electron chi connectivity index (χ4n) is 1.55. The van der Waals surface area contributed by atoms with Gasteiger partial charge < -0.3 is 15.0 Å². The van der Waals surface area contributed by atoms with Crippen LogP contribution in [0.25, 0.3) is 0 Å². The van der Waals surface area contributed by atoms with Gasteiger partial charge in [0, 0.05) is 20.6 Å². The lowest BCUT2D eigenvalue weighted by atomic mass is 10.2. The van der Waals surface area contributed by atoms with Crippen molar-refractivity contribution in [2.75, 3.05) is 27.2 Å². The number of hydrogen-bond acceptors (Lipinski definition) is 3. The fraction of sp³-hybridized carbons (Fsp3) is 0.533. The average molecular weight is 343 g/mol. The van der Waals surface area contributed by atoms with Crippen molar-refractivity contribution in [3.8, 4) is 5.75 Å².